The number of nitrogens with zero attached hydrogens (tertiary/aromatic N) is 2. The Morgan fingerprint density at radius 2 is 2.60 bits per heavy atom. The summed E-state index contributed by atoms with van der Waals surface area (Å²) in [5.41, 5.74) is 0. The second-order valence-electron chi connectivity index (χ2n) is 2.12. The minimum absolute atomic E-state index is 0.00433. The zero-order chi connectivity index (χ0) is 7.40. The van der Waals surface area contributed by atoms with E-state index < -0.39 is 0 Å². The van der Waals surface area contributed by atoms with Crippen LogP contribution in [0.3, 0.4) is 0 Å². The van der Waals surface area contributed by atoms with Gasteiger partial charge in [-0.1, -0.05) is 0 Å². The Labute approximate surface area is 65.1 Å². The van der Waals surface area contributed by atoms with Crippen LogP contribution in [0.15, 0.2) is 0 Å². The third kappa shape index (κ3) is 2.14. The zero-order valence-corrected chi connectivity index (χ0v) is 6.34. The van der Waals surface area contributed by atoms with Crippen LogP contribution in [0.1, 0.15) is 6.42 Å². The highest BCUT2D eigenvalue weighted by atomic mass is 35.5. The number of halogens is 1. The summed E-state index contributed by atoms with van der Waals surface area (Å²) in [4.78, 5) is 5.12. The van der Waals surface area contributed by atoms with Crippen molar-refractivity contribution < 1.29 is 4.84 Å². The molecule has 10 heavy (non-hydrogen) atoms. The largest absolute Gasteiger partial charge is 0.298 e. The molecule has 4 heteroatoms. The van der Waals surface area contributed by atoms with E-state index in [4.69, 9.17) is 21.7 Å². The van der Waals surface area contributed by atoms with Crippen LogP contribution in [-0.4, -0.2) is 30.1 Å². The molecule has 0 spiro atoms. The molecule has 0 aromatic carbocycles. The maximum atomic E-state index is 8.34. The molecule has 1 aliphatic heterocycles. The molecule has 56 valence electrons. The van der Waals surface area contributed by atoms with Crippen molar-refractivity contribution in [2.75, 3.05) is 19.0 Å². The number of hydrogen-bond donors (Lipinski definition) is 0. The number of alkyl halides is 1. The first-order chi connectivity index (χ1) is 4.88. The maximum absolute atomic E-state index is 8.34. The zero-order valence-electron chi connectivity index (χ0n) is 5.59. The third-order valence-corrected chi connectivity index (χ3v) is 1.52. The lowest BCUT2D eigenvalue weighted by Gasteiger charge is -1.99. The summed E-state index contributed by atoms with van der Waals surface area (Å²) in [6.45, 7) is 1.38. The van der Waals surface area contributed by atoms with Crippen LogP contribution in [-0.2, 0) is 4.84 Å². The first kappa shape index (κ1) is 7.80. The molecule has 2 atom stereocenters. The van der Waals surface area contributed by atoms with Gasteiger partial charge in [0.1, 0.15) is 6.04 Å². The first-order valence-electron chi connectivity index (χ1n) is 3.23. The van der Waals surface area contributed by atoms with Crippen molar-refractivity contribution >= 4 is 11.6 Å². The van der Waals surface area contributed by atoms with Crippen LogP contribution in [0.5, 0.6) is 0 Å². The van der Waals surface area contributed by atoms with E-state index in [-0.39, 0.29) is 6.04 Å². The second kappa shape index (κ2) is 3.77. The molecule has 3 nitrogen and oxygen atoms in total. The summed E-state index contributed by atoms with van der Waals surface area (Å²) in [7, 11) is 0. The van der Waals surface area contributed by atoms with Gasteiger partial charge >= 0.3 is 0 Å². The van der Waals surface area contributed by atoms with Crippen molar-refractivity contribution in [1.82, 2.24) is 5.06 Å². The Morgan fingerprint density at radius 1 is 1.80 bits per heavy atom. The van der Waals surface area contributed by atoms with Crippen LogP contribution in [0.25, 0.3) is 0 Å². The molecule has 0 N–H and O–H groups in total. The van der Waals surface area contributed by atoms with Crippen LogP contribution < -0.4 is 0 Å². The highest BCUT2D eigenvalue weighted by molar-refractivity contribution is 6.17. The lowest BCUT2D eigenvalue weighted by molar-refractivity contribution is -0.0697. The van der Waals surface area contributed by atoms with Gasteiger partial charge in [0.15, 0.2) is 0 Å². The van der Waals surface area contributed by atoms with E-state index in [0.717, 1.165) is 13.0 Å². The Bertz CT molecular complexity index is 145. The predicted molar refractivity (Wildman–Crippen MR) is 37.4 cm³/mol. The Balaban J connectivity index is 1.93. The van der Waals surface area contributed by atoms with Crippen molar-refractivity contribution in [3.8, 4) is 6.07 Å². The molecule has 0 saturated carbocycles. The van der Waals surface area contributed by atoms with Gasteiger partial charge in [-0.05, 0) is 6.42 Å². The minimum Gasteiger partial charge on any atom is -0.298 e. The maximum Gasteiger partial charge on any atom is 0.137 e. The molecule has 0 amide bonds. The van der Waals surface area contributed by atoms with E-state index in [0.29, 0.717) is 12.5 Å². The van der Waals surface area contributed by atoms with Gasteiger partial charge in [-0.3, -0.25) is 4.84 Å². The monoisotopic (exact) mass is 160 g/mol. The standard InChI is InChI=1S/C6H9ClN2O/c7-2-1-3-10-9-5-6(9)4-8/h6H,1-3,5H2. The molecule has 0 aliphatic carbocycles. The molecule has 1 saturated heterocycles. The van der Waals surface area contributed by atoms with Gasteiger partial charge < -0.3 is 0 Å². The van der Waals surface area contributed by atoms with E-state index in [2.05, 4.69) is 6.07 Å². The number of nitriles is 1. The van der Waals surface area contributed by atoms with Gasteiger partial charge in [0.2, 0.25) is 0 Å². The van der Waals surface area contributed by atoms with Crippen LogP contribution in [0.2, 0.25) is 0 Å². The van der Waals surface area contributed by atoms with Crippen molar-refractivity contribution in [3.05, 3.63) is 0 Å². The summed E-state index contributed by atoms with van der Waals surface area (Å²) in [5, 5.41) is 9.99. The molecule has 2 unspecified atom stereocenters. The fourth-order valence-electron chi connectivity index (χ4n) is 0.608. The molecule has 1 heterocycles. The average Bonchev–Trinajstić information content (AvgIpc) is 2.68. The van der Waals surface area contributed by atoms with Crippen LogP contribution in [0, 0.1) is 11.3 Å². The molecular weight excluding hydrogens is 152 g/mol. The molecule has 0 aromatic heterocycles. The Hall–Kier alpha value is -0.300. The SMILES string of the molecule is N#CC1CN1OCCCCl. The fraction of sp³-hybridized carbons (Fsp3) is 0.833. The quantitative estimate of drug-likeness (QED) is 0.346. The van der Waals surface area contributed by atoms with Crippen molar-refractivity contribution in [1.29, 1.82) is 5.26 Å². The average molecular weight is 161 g/mol. The lowest BCUT2D eigenvalue weighted by atomic mass is 10.5. The summed E-state index contributed by atoms with van der Waals surface area (Å²) in [5.74, 6) is 0.616. The summed E-state index contributed by atoms with van der Waals surface area (Å²) in [6, 6.07) is 2.08. The summed E-state index contributed by atoms with van der Waals surface area (Å²) < 4.78 is 0. The van der Waals surface area contributed by atoms with Gasteiger partial charge in [0.05, 0.1) is 19.2 Å². The van der Waals surface area contributed by atoms with Gasteiger partial charge in [-0.25, -0.2) is 0 Å². The fourth-order valence-corrected chi connectivity index (χ4v) is 0.717. The molecule has 0 bridgehead atoms. The van der Waals surface area contributed by atoms with E-state index in [1.54, 1.807) is 5.06 Å². The number of hydroxylamine groups is 2. The predicted octanol–water partition coefficient (Wildman–Crippen LogP) is 0.755. The molecule has 0 radical (unpaired) electrons. The van der Waals surface area contributed by atoms with Gasteiger partial charge in [-0.2, -0.15) is 10.3 Å². The summed E-state index contributed by atoms with van der Waals surface area (Å²) in [6.07, 6.45) is 0.843. The first-order valence-corrected chi connectivity index (χ1v) is 3.77. The smallest absolute Gasteiger partial charge is 0.137 e. The highest BCUT2D eigenvalue weighted by Gasteiger charge is 2.35. The summed E-state index contributed by atoms with van der Waals surface area (Å²) >= 11 is 5.41. The molecular formula is C6H9ClN2O. The highest BCUT2D eigenvalue weighted by Crippen LogP contribution is 2.15. The van der Waals surface area contributed by atoms with Crippen molar-refractivity contribution in [2.45, 2.75) is 12.5 Å². The Kier molecular flexibility index (Phi) is 2.94. The van der Waals surface area contributed by atoms with Crippen molar-refractivity contribution in [2.24, 2.45) is 0 Å². The molecule has 1 rings (SSSR count). The van der Waals surface area contributed by atoms with Gasteiger partial charge in [0, 0.05) is 5.88 Å². The van der Waals surface area contributed by atoms with E-state index in [1.807, 2.05) is 0 Å². The topological polar surface area (TPSA) is 36.0 Å². The molecule has 1 fully saturated rings. The van der Waals surface area contributed by atoms with Crippen LogP contribution >= 0.6 is 11.6 Å². The molecule has 0 aromatic rings. The lowest BCUT2D eigenvalue weighted by Crippen LogP contribution is -2.04. The van der Waals surface area contributed by atoms with E-state index >= 15 is 0 Å². The number of hydrogen-bond acceptors (Lipinski definition) is 3. The van der Waals surface area contributed by atoms with E-state index in [9.17, 15) is 0 Å². The minimum atomic E-state index is -0.00433. The van der Waals surface area contributed by atoms with E-state index in [1.165, 1.54) is 0 Å². The van der Waals surface area contributed by atoms with Crippen LogP contribution in [0.4, 0.5) is 0 Å². The third-order valence-electron chi connectivity index (χ3n) is 1.25. The second-order valence-corrected chi connectivity index (χ2v) is 2.50. The Morgan fingerprint density at radius 3 is 3.10 bits per heavy atom. The van der Waals surface area contributed by atoms with Gasteiger partial charge in [-0.15, -0.1) is 11.6 Å². The van der Waals surface area contributed by atoms with Crippen molar-refractivity contribution in [3.63, 3.8) is 0 Å². The van der Waals surface area contributed by atoms with Gasteiger partial charge in [0.25, 0.3) is 0 Å². The normalized spacial score (nSPS) is 29.6. The number of rotatable bonds is 4. The molecule has 1 aliphatic rings.